The third kappa shape index (κ3) is 17.8. The topological polar surface area (TPSA) is 298 Å². The van der Waals surface area contributed by atoms with Gasteiger partial charge in [0.25, 0.3) is 0 Å². The minimum atomic E-state index is -1.72. The van der Waals surface area contributed by atoms with E-state index in [9.17, 15) is 47.9 Å². The van der Waals surface area contributed by atoms with E-state index in [0.717, 1.165) is 23.8 Å². The van der Waals surface area contributed by atoms with Crippen LogP contribution in [0.25, 0.3) is 11.1 Å². The predicted octanol–water partition coefficient (Wildman–Crippen LogP) is 2.27. The van der Waals surface area contributed by atoms with Crippen molar-refractivity contribution in [1.29, 1.82) is 0 Å². The van der Waals surface area contributed by atoms with E-state index in [-0.39, 0.29) is 56.9 Å². The van der Waals surface area contributed by atoms with E-state index in [4.69, 9.17) is 16.2 Å². The normalized spacial score (nSPS) is 13.3. The summed E-state index contributed by atoms with van der Waals surface area (Å²) >= 11 is 0. The van der Waals surface area contributed by atoms with Crippen LogP contribution in [0.5, 0.6) is 0 Å². The summed E-state index contributed by atoms with van der Waals surface area (Å²) in [5.74, 6) is -7.92. The van der Waals surface area contributed by atoms with Gasteiger partial charge in [-0.15, -0.1) is 0 Å². The van der Waals surface area contributed by atoms with Crippen LogP contribution in [0.15, 0.2) is 91.1 Å². The Morgan fingerprint density at radius 2 is 1.38 bits per heavy atom. The van der Waals surface area contributed by atoms with Crippen molar-refractivity contribution < 1.29 is 57.0 Å². The van der Waals surface area contributed by atoms with E-state index >= 15 is 4.39 Å². The number of carbonyl (C=O) groups excluding carboxylic acids is 8. The van der Waals surface area contributed by atoms with Crippen molar-refractivity contribution in [1.82, 2.24) is 41.4 Å². The minimum Gasteiger partial charge on any atom is -0.445 e. The number of nitrogens with zero attached hydrogens (tertiary/aromatic N) is 2. The number of aromatic nitrogens is 1. The van der Waals surface area contributed by atoms with Crippen molar-refractivity contribution in [2.75, 3.05) is 32.8 Å². The third-order valence-electron chi connectivity index (χ3n) is 11.7. The Morgan fingerprint density at radius 3 is 1.97 bits per heavy atom. The lowest BCUT2D eigenvalue weighted by Gasteiger charge is -2.41. The highest BCUT2D eigenvalue weighted by Crippen LogP contribution is 2.41. The molecular formula is C52H68F2N10O10. The van der Waals surface area contributed by atoms with Gasteiger partial charge in [0.2, 0.25) is 41.4 Å². The number of amides is 8. The maximum absolute atomic E-state index is 15.4. The quantitative estimate of drug-likeness (QED) is 0.0411. The summed E-state index contributed by atoms with van der Waals surface area (Å²) < 4.78 is 36.9. The maximum atomic E-state index is 15.4. The number of ether oxygens (including phenoxy) is 1. The molecule has 74 heavy (non-hydrogen) atoms. The summed E-state index contributed by atoms with van der Waals surface area (Å²) in [6, 6.07) is 16.0. The first-order valence-electron chi connectivity index (χ1n) is 24.0. The first-order valence-corrected chi connectivity index (χ1v) is 24.0. The minimum absolute atomic E-state index is 0.0455. The van der Waals surface area contributed by atoms with Gasteiger partial charge >= 0.3 is 6.09 Å². The van der Waals surface area contributed by atoms with Crippen molar-refractivity contribution in [3.05, 3.63) is 120 Å². The Morgan fingerprint density at radius 1 is 0.757 bits per heavy atom. The van der Waals surface area contributed by atoms with Crippen LogP contribution in [0.1, 0.15) is 77.2 Å². The van der Waals surface area contributed by atoms with E-state index in [1.165, 1.54) is 11.8 Å². The lowest BCUT2D eigenvalue weighted by molar-refractivity contribution is -0.140. The van der Waals surface area contributed by atoms with Crippen LogP contribution in [-0.4, -0.2) is 119 Å². The third-order valence-corrected chi connectivity index (χ3v) is 11.7. The molecular weight excluding hydrogens is 963 g/mol. The maximum Gasteiger partial charge on any atom is 0.408 e. The number of hydrogen-bond acceptors (Lipinski definition) is 11. The van der Waals surface area contributed by atoms with Gasteiger partial charge in [-0.3, -0.25) is 33.6 Å². The van der Waals surface area contributed by atoms with Crippen molar-refractivity contribution in [2.24, 2.45) is 22.8 Å². The zero-order chi connectivity index (χ0) is 54.7. The van der Waals surface area contributed by atoms with Gasteiger partial charge in [-0.1, -0.05) is 95.3 Å². The molecule has 5 atom stereocenters. The van der Waals surface area contributed by atoms with Gasteiger partial charge in [0.05, 0.1) is 19.0 Å². The van der Waals surface area contributed by atoms with Gasteiger partial charge in [-0.2, -0.15) is 0 Å². The molecule has 1 aromatic heterocycles. The molecule has 1 unspecified atom stereocenters. The number of nitrogens with two attached hydrogens (primary N) is 2. The van der Waals surface area contributed by atoms with Gasteiger partial charge in [0.1, 0.15) is 49.0 Å². The molecule has 0 saturated carbocycles. The van der Waals surface area contributed by atoms with Crippen molar-refractivity contribution in [3.8, 4) is 11.1 Å². The monoisotopic (exact) mass is 1030 g/mol. The molecule has 22 heteroatoms. The molecule has 0 aliphatic rings. The summed E-state index contributed by atoms with van der Waals surface area (Å²) in [5, 5.41) is 25.5. The number of nitrogens with one attached hydrogen (secondary N) is 6. The molecule has 11 N–H and O–H groups in total. The van der Waals surface area contributed by atoms with E-state index in [1.54, 1.807) is 61.0 Å². The summed E-state index contributed by atoms with van der Waals surface area (Å²) in [7, 11) is 0. The van der Waals surface area contributed by atoms with Gasteiger partial charge in [0, 0.05) is 49.2 Å². The Labute approximate surface area is 428 Å². The SMILES string of the molecule is CC(C)C(NC(=O)[C@H](C)NC(=O)OCc1ccccc1)C(=O)N[C@@H](CC(N)=O)C(=O)N[C@@H](CCN(C(=O)CO)[C@@H](c1cc(-c2cc(F)ccc2F)cn1Cc1ccccc1)C(C)(C)C)C(=O)NCCNC(=O)CN. The largest absolute Gasteiger partial charge is 0.445 e. The zero-order valence-corrected chi connectivity index (χ0v) is 42.4. The number of halogens is 2. The Hall–Kier alpha value is -7.72. The smallest absolute Gasteiger partial charge is 0.408 e. The zero-order valence-electron chi connectivity index (χ0n) is 42.4. The molecule has 4 rings (SSSR count). The van der Waals surface area contributed by atoms with Crippen LogP contribution in [0.4, 0.5) is 13.6 Å². The van der Waals surface area contributed by atoms with Crippen LogP contribution in [0, 0.1) is 23.0 Å². The van der Waals surface area contributed by atoms with Crippen molar-refractivity contribution >= 4 is 47.4 Å². The lowest BCUT2D eigenvalue weighted by Crippen LogP contribution is -2.60. The second kappa shape index (κ2) is 27.9. The second-order valence-corrected chi connectivity index (χ2v) is 19.0. The van der Waals surface area contributed by atoms with Gasteiger partial charge in [-0.05, 0) is 60.1 Å². The van der Waals surface area contributed by atoms with Gasteiger partial charge in [-0.25, -0.2) is 13.6 Å². The van der Waals surface area contributed by atoms with Crippen molar-refractivity contribution in [2.45, 2.75) is 97.7 Å². The van der Waals surface area contributed by atoms with E-state index in [0.29, 0.717) is 11.3 Å². The van der Waals surface area contributed by atoms with Crippen LogP contribution < -0.4 is 43.4 Å². The van der Waals surface area contributed by atoms with Crippen LogP contribution in [-0.2, 0) is 51.5 Å². The number of primary amides is 1. The molecule has 4 aromatic rings. The average Bonchev–Trinajstić information content (AvgIpc) is 3.76. The highest BCUT2D eigenvalue weighted by Gasteiger charge is 2.39. The summed E-state index contributed by atoms with van der Waals surface area (Å²) in [6.45, 7) is 8.31. The molecule has 0 fully saturated rings. The molecule has 0 radical (unpaired) electrons. The van der Waals surface area contributed by atoms with E-state index < -0.39 is 114 Å². The number of alkyl carbamates (subject to hydrolysis) is 1. The first kappa shape index (κ1) is 58.8. The average molecular weight is 1030 g/mol. The molecule has 0 aliphatic heterocycles. The fraction of sp³-hybridized carbons (Fsp3) is 0.423. The van der Waals surface area contributed by atoms with E-state index in [1.807, 2.05) is 51.1 Å². The van der Waals surface area contributed by atoms with Crippen LogP contribution in [0.3, 0.4) is 0 Å². The predicted molar refractivity (Wildman–Crippen MR) is 270 cm³/mol. The standard InChI is InChI=1S/C52H68F2N10O10/c1-31(2)45(62-47(69)32(3)59-51(73)74-30-34-15-11-8-12-16-34)50(72)61-40(25-42(56)66)49(71)60-39(48(70)58-21-20-57-43(67)26-55)19-22-64(44(68)29-65)46(52(4,5)6)41-23-35(37-24-36(53)17-18-38(37)54)28-63(41)27-33-13-9-7-10-14-33/h7-18,23-24,28,31-32,39-40,45-46,65H,19-22,25-27,29-30,55H2,1-6H3,(H2,56,66)(H,57,67)(H,58,70)(H,59,73)(H,60,71)(H,61,72)(H,62,69)/t32-,39-,40-,45?,46-/m0/s1. The Bertz CT molecular complexity index is 2570. The Balaban J connectivity index is 1.65. The molecule has 8 amide bonds. The molecule has 20 nitrogen and oxygen atoms in total. The summed E-state index contributed by atoms with van der Waals surface area (Å²) in [4.78, 5) is 108. The van der Waals surface area contributed by atoms with Crippen molar-refractivity contribution in [3.63, 3.8) is 0 Å². The Kier molecular flexibility index (Phi) is 22.2. The van der Waals surface area contributed by atoms with E-state index in [2.05, 4.69) is 31.9 Å². The van der Waals surface area contributed by atoms with Crippen LogP contribution >= 0.6 is 0 Å². The molecule has 0 spiro atoms. The highest BCUT2D eigenvalue weighted by molar-refractivity contribution is 5.97. The number of benzene rings is 3. The molecule has 1 heterocycles. The molecule has 400 valence electrons. The number of rotatable bonds is 26. The number of hydrogen-bond donors (Lipinski definition) is 9. The molecule has 0 aliphatic carbocycles. The van der Waals surface area contributed by atoms with Gasteiger partial charge in [0.15, 0.2) is 0 Å². The molecule has 3 aromatic carbocycles. The fourth-order valence-electron chi connectivity index (χ4n) is 7.99. The summed E-state index contributed by atoms with van der Waals surface area (Å²) in [5.41, 5.74) is 12.3. The molecule has 0 saturated heterocycles. The number of carbonyl (C=O) groups is 8. The molecule has 0 bridgehead atoms. The lowest BCUT2D eigenvalue weighted by atomic mass is 9.82. The van der Waals surface area contributed by atoms with Crippen LogP contribution in [0.2, 0.25) is 0 Å². The number of aliphatic hydroxyl groups is 1. The van der Waals surface area contributed by atoms with Gasteiger partial charge < -0.3 is 62.7 Å². The second-order valence-electron chi connectivity index (χ2n) is 19.0. The summed E-state index contributed by atoms with van der Waals surface area (Å²) in [6.07, 6.45) is -0.392. The fourth-order valence-corrected chi connectivity index (χ4v) is 7.99. The highest BCUT2D eigenvalue weighted by atomic mass is 19.1. The number of aliphatic hydroxyl groups excluding tert-OH is 1. The first-order chi connectivity index (χ1) is 35.0.